The molecule has 0 saturated carbocycles. The molecule has 0 saturated heterocycles. The van der Waals surface area contributed by atoms with Crippen molar-refractivity contribution >= 4 is 39.5 Å². The fourth-order valence-electron chi connectivity index (χ4n) is 11.6. The van der Waals surface area contributed by atoms with Crippen molar-refractivity contribution in [2.45, 2.75) is 413 Å². The molecule has 0 amide bonds. The molecule has 95 heavy (non-hydrogen) atoms. The van der Waals surface area contributed by atoms with Crippen LogP contribution in [0, 0.1) is 11.8 Å². The molecule has 0 aromatic carbocycles. The van der Waals surface area contributed by atoms with Crippen LogP contribution in [0.2, 0.25) is 0 Å². The Morgan fingerprint density at radius 3 is 0.747 bits per heavy atom. The minimum Gasteiger partial charge on any atom is -0.462 e. The van der Waals surface area contributed by atoms with E-state index in [1.54, 1.807) is 0 Å². The van der Waals surface area contributed by atoms with E-state index >= 15 is 0 Å². The summed E-state index contributed by atoms with van der Waals surface area (Å²) in [6, 6.07) is 0. The van der Waals surface area contributed by atoms with Gasteiger partial charge in [0.15, 0.2) is 12.2 Å². The van der Waals surface area contributed by atoms with Gasteiger partial charge in [-0.05, 0) is 37.5 Å². The number of ether oxygens (including phenoxy) is 4. The standard InChI is InChI=1S/C76H148O17P2/c1-7-11-13-15-17-19-21-23-25-27-28-29-31-33-35-37-39-48-54-60-75(80)92-71(64-86-73(78)58-52-46-38-36-34-32-30-26-24-22-20-18-16-14-12-8-2)66-90-94(82,83)88-62-70(77)63-89-95(84,85)91-67-72(93-76(81)61-55-49-43-41-45-51-57-69(6)10-4)65-87-74(79)59-53-47-42-40-44-50-56-68(5)9-3/h68-72,77H,7-67H2,1-6H3,(H,82,83)(H,84,85)/t68?,69?,70-,71-,72-/m1/s1. The second-order valence-corrected chi connectivity index (χ2v) is 30.8. The van der Waals surface area contributed by atoms with Gasteiger partial charge in [0.2, 0.25) is 0 Å². The number of carbonyl (C=O) groups is 4. The van der Waals surface area contributed by atoms with E-state index in [2.05, 4.69) is 41.5 Å². The number of carbonyl (C=O) groups excluding carboxylic acids is 4. The molecule has 7 atom stereocenters. The molecule has 0 bridgehead atoms. The molecular formula is C76H148O17P2. The Morgan fingerprint density at radius 2 is 0.505 bits per heavy atom. The summed E-state index contributed by atoms with van der Waals surface area (Å²) in [7, 11) is -9.91. The zero-order valence-corrected chi connectivity index (χ0v) is 63.8. The van der Waals surface area contributed by atoms with Gasteiger partial charge in [0.05, 0.1) is 26.4 Å². The summed E-state index contributed by atoms with van der Waals surface area (Å²) in [5.74, 6) is -0.669. The van der Waals surface area contributed by atoms with Gasteiger partial charge in [-0.1, -0.05) is 343 Å². The van der Waals surface area contributed by atoms with E-state index in [-0.39, 0.29) is 25.7 Å². The van der Waals surface area contributed by atoms with Crippen LogP contribution in [0.3, 0.4) is 0 Å². The lowest BCUT2D eigenvalue weighted by Crippen LogP contribution is -2.30. The number of phosphoric ester groups is 2. The van der Waals surface area contributed by atoms with Crippen molar-refractivity contribution in [3.05, 3.63) is 0 Å². The van der Waals surface area contributed by atoms with E-state index in [9.17, 15) is 43.2 Å². The molecule has 0 heterocycles. The van der Waals surface area contributed by atoms with Crippen molar-refractivity contribution in [3.8, 4) is 0 Å². The zero-order valence-electron chi connectivity index (χ0n) is 62.0. The number of hydrogen-bond acceptors (Lipinski definition) is 15. The summed E-state index contributed by atoms with van der Waals surface area (Å²) < 4.78 is 68.5. The van der Waals surface area contributed by atoms with Gasteiger partial charge in [0.1, 0.15) is 19.3 Å². The smallest absolute Gasteiger partial charge is 0.462 e. The van der Waals surface area contributed by atoms with E-state index < -0.39 is 97.5 Å². The molecule has 0 aliphatic carbocycles. The molecule has 0 aromatic rings. The lowest BCUT2D eigenvalue weighted by Gasteiger charge is -2.21. The molecular weight excluding hydrogens is 1250 g/mol. The number of unbranched alkanes of at least 4 members (excludes halogenated alkanes) is 43. The zero-order chi connectivity index (χ0) is 70.0. The average Bonchev–Trinajstić information content (AvgIpc) is 1.54. The third kappa shape index (κ3) is 67.6. The van der Waals surface area contributed by atoms with Gasteiger partial charge < -0.3 is 33.8 Å². The molecule has 4 unspecified atom stereocenters. The third-order valence-electron chi connectivity index (χ3n) is 18.4. The summed E-state index contributed by atoms with van der Waals surface area (Å²) in [6.45, 7) is 9.50. The van der Waals surface area contributed by atoms with Gasteiger partial charge in [0.25, 0.3) is 0 Å². The van der Waals surface area contributed by atoms with Crippen molar-refractivity contribution in [2.75, 3.05) is 39.6 Å². The lowest BCUT2D eigenvalue weighted by molar-refractivity contribution is -0.161. The molecule has 0 radical (unpaired) electrons. The van der Waals surface area contributed by atoms with Crippen LogP contribution in [0.4, 0.5) is 0 Å². The molecule has 19 heteroatoms. The van der Waals surface area contributed by atoms with Gasteiger partial charge in [0, 0.05) is 25.7 Å². The maximum absolute atomic E-state index is 13.1. The number of aliphatic hydroxyl groups excluding tert-OH is 1. The topological polar surface area (TPSA) is 237 Å². The van der Waals surface area contributed by atoms with Gasteiger partial charge in [-0.25, -0.2) is 9.13 Å². The first-order valence-corrected chi connectivity index (χ1v) is 42.6. The van der Waals surface area contributed by atoms with E-state index in [0.29, 0.717) is 25.7 Å². The summed E-state index contributed by atoms with van der Waals surface area (Å²) in [5.41, 5.74) is 0. The van der Waals surface area contributed by atoms with Crippen molar-refractivity contribution in [1.82, 2.24) is 0 Å². The first-order valence-electron chi connectivity index (χ1n) is 39.6. The molecule has 3 N–H and O–H groups in total. The van der Waals surface area contributed by atoms with Gasteiger partial charge in [-0.3, -0.25) is 37.3 Å². The second kappa shape index (κ2) is 67.9. The van der Waals surface area contributed by atoms with E-state index in [1.807, 2.05) is 0 Å². The monoisotopic (exact) mass is 1400 g/mol. The number of phosphoric acid groups is 2. The fourth-order valence-corrected chi connectivity index (χ4v) is 13.2. The average molecular weight is 1400 g/mol. The minimum absolute atomic E-state index is 0.102. The molecule has 0 rings (SSSR count). The van der Waals surface area contributed by atoms with E-state index in [4.69, 9.17) is 37.0 Å². The largest absolute Gasteiger partial charge is 0.472 e. The molecule has 17 nitrogen and oxygen atoms in total. The van der Waals surface area contributed by atoms with Crippen molar-refractivity contribution in [1.29, 1.82) is 0 Å². The first-order chi connectivity index (χ1) is 45.9. The van der Waals surface area contributed by atoms with Crippen LogP contribution in [0.15, 0.2) is 0 Å². The summed E-state index contributed by atoms with van der Waals surface area (Å²) >= 11 is 0. The Bertz CT molecular complexity index is 1840. The quantitative estimate of drug-likeness (QED) is 0.0222. The van der Waals surface area contributed by atoms with Gasteiger partial charge in [-0.15, -0.1) is 0 Å². The Balaban J connectivity index is 5.22. The SMILES string of the molecule is CCCCCCCCCCCCCCCCCCCCCC(=O)O[C@H](COC(=O)CCCCCCCCCCCCCCCCCC)COP(=O)(O)OC[C@@H](O)COP(=O)(O)OC[C@@H](COC(=O)CCCCCCCCC(C)CC)OC(=O)CCCCCCCCC(C)CC. The highest BCUT2D eigenvalue weighted by Crippen LogP contribution is 2.45. The van der Waals surface area contributed by atoms with Crippen LogP contribution < -0.4 is 0 Å². The van der Waals surface area contributed by atoms with Gasteiger partial charge in [-0.2, -0.15) is 0 Å². The fraction of sp³-hybridized carbons (Fsp3) is 0.947. The summed E-state index contributed by atoms with van der Waals surface area (Å²) in [5, 5.41) is 10.6. The summed E-state index contributed by atoms with van der Waals surface area (Å²) in [6.07, 6.45) is 55.7. The van der Waals surface area contributed by atoms with Crippen LogP contribution in [0.1, 0.15) is 395 Å². The van der Waals surface area contributed by atoms with Crippen molar-refractivity contribution < 1.29 is 80.2 Å². The van der Waals surface area contributed by atoms with Crippen LogP contribution in [0.25, 0.3) is 0 Å². The third-order valence-corrected chi connectivity index (χ3v) is 20.3. The Morgan fingerprint density at radius 1 is 0.295 bits per heavy atom. The summed E-state index contributed by atoms with van der Waals surface area (Å²) in [4.78, 5) is 72.8. The highest BCUT2D eigenvalue weighted by atomic mass is 31.2. The van der Waals surface area contributed by atoms with Crippen LogP contribution in [-0.2, 0) is 65.4 Å². The maximum Gasteiger partial charge on any atom is 0.472 e. The second-order valence-electron chi connectivity index (χ2n) is 27.9. The van der Waals surface area contributed by atoms with Crippen molar-refractivity contribution in [3.63, 3.8) is 0 Å². The number of esters is 4. The Kier molecular flexibility index (Phi) is 66.5. The molecule has 0 spiro atoms. The molecule has 564 valence electrons. The van der Waals surface area contributed by atoms with Crippen molar-refractivity contribution in [2.24, 2.45) is 11.8 Å². The van der Waals surface area contributed by atoms with E-state index in [0.717, 1.165) is 108 Å². The molecule has 0 aromatic heterocycles. The predicted molar refractivity (Wildman–Crippen MR) is 386 cm³/mol. The predicted octanol–water partition coefficient (Wildman–Crippen LogP) is 22.3. The molecule has 0 aliphatic heterocycles. The minimum atomic E-state index is -4.96. The van der Waals surface area contributed by atoms with Crippen LogP contribution in [0.5, 0.6) is 0 Å². The number of hydrogen-bond donors (Lipinski definition) is 3. The van der Waals surface area contributed by atoms with Gasteiger partial charge >= 0.3 is 39.5 Å². The van der Waals surface area contributed by atoms with E-state index in [1.165, 1.54) is 205 Å². The Labute approximate surface area is 581 Å². The normalized spacial score (nSPS) is 14.6. The lowest BCUT2D eigenvalue weighted by atomic mass is 10.00. The Hall–Kier alpha value is -1.94. The number of rotatable bonds is 75. The molecule has 0 fully saturated rings. The maximum atomic E-state index is 13.1. The highest BCUT2D eigenvalue weighted by molar-refractivity contribution is 7.47. The number of aliphatic hydroxyl groups is 1. The first kappa shape index (κ1) is 93.1. The highest BCUT2D eigenvalue weighted by Gasteiger charge is 2.30. The van der Waals surface area contributed by atoms with Crippen LogP contribution in [-0.4, -0.2) is 96.7 Å². The molecule has 0 aliphatic rings. The van der Waals surface area contributed by atoms with Crippen LogP contribution >= 0.6 is 15.6 Å².